The first-order valence-corrected chi connectivity index (χ1v) is 7.47. The molecule has 17 heavy (non-hydrogen) atoms. The molecule has 0 nitrogen and oxygen atoms in total. The molecule has 0 N–H and O–H groups in total. The van der Waals surface area contributed by atoms with E-state index in [0.29, 0.717) is 9.65 Å². The van der Waals surface area contributed by atoms with Gasteiger partial charge >= 0.3 is 0 Å². The zero-order valence-corrected chi connectivity index (χ0v) is 12.6. The summed E-state index contributed by atoms with van der Waals surface area (Å²) in [5, 5.41) is 0. The SMILES string of the molecule is BrC(Cc1ccccc1)C(Br)c1ccccc1. The summed E-state index contributed by atoms with van der Waals surface area (Å²) in [5.41, 5.74) is 2.67. The van der Waals surface area contributed by atoms with Crippen LogP contribution in [0.15, 0.2) is 60.7 Å². The van der Waals surface area contributed by atoms with Crippen LogP contribution in [0.5, 0.6) is 0 Å². The van der Waals surface area contributed by atoms with E-state index < -0.39 is 0 Å². The highest BCUT2D eigenvalue weighted by Gasteiger charge is 2.17. The minimum absolute atomic E-state index is 0.337. The van der Waals surface area contributed by atoms with Crippen LogP contribution in [0.1, 0.15) is 16.0 Å². The second kappa shape index (κ2) is 6.36. The fourth-order valence-corrected chi connectivity index (χ4v) is 2.96. The lowest BCUT2D eigenvalue weighted by Crippen LogP contribution is -2.09. The van der Waals surface area contributed by atoms with Crippen LogP contribution in [-0.2, 0) is 6.42 Å². The molecule has 2 heteroatoms. The van der Waals surface area contributed by atoms with Crippen molar-refractivity contribution in [2.75, 3.05) is 0 Å². The van der Waals surface area contributed by atoms with Crippen molar-refractivity contribution in [1.82, 2.24) is 0 Å². The van der Waals surface area contributed by atoms with Crippen LogP contribution in [0.25, 0.3) is 0 Å². The van der Waals surface area contributed by atoms with Gasteiger partial charge in [-0.25, -0.2) is 0 Å². The maximum atomic E-state index is 3.77. The Morgan fingerprint density at radius 1 is 0.765 bits per heavy atom. The summed E-state index contributed by atoms with van der Waals surface area (Å²) in [6.07, 6.45) is 1.02. The van der Waals surface area contributed by atoms with Crippen molar-refractivity contribution < 1.29 is 0 Å². The van der Waals surface area contributed by atoms with Gasteiger partial charge in [-0.15, -0.1) is 0 Å². The van der Waals surface area contributed by atoms with E-state index in [2.05, 4.69) is 86.5 Å². The van der Waals surface area contributed by atoms with Gasteiger partial charge < -0.3 is 0 Å². The molecule has 0 radical (unpaired) electrons. The normalized spacial score (nSPS) is 14.2. The van der Waals surface area contributed by atoms with E-state index in [1.165, 1.54) is 11.1 Å². The molecule has 0 bridgehead atoms. The van der Waals surface area contributed by atoms with Crippen molar-refractivity contribution >= 4 is 31.9 Å². The Balaban J connectivity index is 2.03. The van der Waals surface area contributed by atoms with Crippen LogP contribution in [0.4, 0.5) is 0 Å². The highest BCUT2D eigenvalue weighted by atomic mass is 79.9. The van der Waals surface area contributed by atoms with Crippen molar-refractivity contribution in [3.8, 4) is 0 Å². The quantitative estimate of drug-likeness (QED) is 0.668. The van der Waals surface area contributed by atoms with Crippen molar-refractivity contribution in [3.63, 3.8) is 0 Å². The molecule has 2 unspecified atom stereocenters. The van der Waals surface area contributed by atoms with Crippen molar-refractivity contribution in [3.05, 3.63) is 71.8 Å². The van der Waals surface area contributed by atoms with Gasteiger partial charge in [-0.2, -0.15) is 0 Å². The van der Waals surface area contributed by atoms with Gasteiger partial charge in [0, 0.05) is 4.83 Å². The molecule has 0 aliphatic carbocycles. The van der Waals surface area contributed by atoms with E-state index >= 15 is 0 Å². The van der Waals surface area contributed by atoms with E-state index in [9.17, 15) is 0 Å². The van der Waals surface area contributed by atoms with Gasteiger partial charge in [-0.1, -0.05) is 92.5 Å². The van der Waals surface area contributed by atoms with Crippen LogP contribution in [0.3, 0.4) is 0 Å². The van der Waals surface area contributed by atoms with Crippen molar-refractivity contribution in [2.45, 2.75) is 16.1 Å². The number of rotatable bonds is 4. The van der Waals surface area contributed by atoms with Gasteiger partial charge in [-0.3, -0.25) is 0 Å². The van der Waals surface area contributed by atoms with E-state index in [1.54, 1.807) is 0 Å². The third-order valence-corrected chi connectivity index (χ3v) is 5.44. The first-order valence-electron chi connectivity index (χ1n) is 5.64. The maximum Gasteiger partial charge on any atom is 0.0523 e. The lowest BCUT2D eigenvalue weighted by molar-refractivity contribution is 0.849. The summed E-state index contributed by atoms with van der Waals surface area (Å²) in [5.74, 6) is 0. The first kappa shape index (κ1) is 12.8. The molecule has 0 heterocycles. The number of hydrogen-bond donors (Lipinski definition) is 0. The average Bonchev–Trinajstić information content (AvgIpc) is 2.40. The number of hydrogen-bond acceptors (Lipinski definition) is 0. The largest absolute Gasteiger partial charge is 0.0871 e. The summed E-state index contributed by atoms with van der Waals surface area (Å²) in [7, 11) is 0. The number of benzene rings is 2. The van der Waals surface area contributed by atoms with Gasteiger partial charge in [-0.05, 0) is 17.5 Å². The zero-order valence-electron chi connectivity index (χ0n) is 9.39. The van der Waals surface area contributed by atoms with E-state index in [-0.39, 0.29) is 0 Å². The van der Waals surface area contributed by atoms with Crippen LogP contribution >= 0.6 is 31.9 Å². The molecule has 0 saturated heterocycles. The number of alkyl halides is 2. The molecule has 2 aromatic carbocycles. The third kappa shape index (κ3) is 3.68. The molecular weight excluding hydrogens is 340 g/mol. The fourth-order valence-electron chi connectivity index (χ4n) is 1.79. The summed E-state index contributed by atoms with van der Waals surface area (Å²) in [6, 6.07) is 21.0. The van der Waals surface area contributed by atoms with Crippen molar-refractivity contribution in [1.29, 1.82) is 0 Å². The van der Waals surface area contributed by atoms with Gasteiger partial charge in [0.1, 0.15) is 0 Å². The molecule has 0 aromatic heterocycles. The Morgan fingerprint density at radius 3 is 1.88 bits per heavy atom. The summed E-state index contributed by atoms with van der Waals surface area (Å²) in [6.45, 7) is 0. The second-order valence-corrected chi connectivity index (χ2v) is 6.18. The van der Waals surface area contributed by atoms with Crippen LogP contribution in [0, 0.1) is 0 Å². The smallest absolute Gasteiger partial charge is 0.0523 e. The van der Waals surface area contributed by atoms with Gasteiger partial charge in [0.15, 0.2) is 0 Å². The first-order chi connectivity index (χ1) is 8.27. The Hall–Kier alpha value is -0.600. The molecule has 2 aromatic rings. The van der Waals surface area contributed by atoms with Gasteiger partial charge in [0.2, 0.25) is 0 Å². The Kier molecular flexibility index (Phi) is 4.81. The molecule has 0 saturated carbocycles. The maximum absolute atomic E-state index is 3.77. The second-order valence-electron chi connectivity index (χ2n) is 4.02. The van der Waals surface area contributed by atoms with Crippen molar-refractivity contribution in [2.24, 2.45) is 0 Å². The zero-order chi connectivity index (χ0) is 12.1. The third-order valence-electron chi connectivity index (χ3n) is 2.71. The molecule has 0 fully saturated rings. The topological polar surface area (TPSA) is 0 Å². The minimum atomic E-state index is 0.337. The summed E-state index contributed by atoms with van der Waals surface area (Å²) in [4.78, 5) is 0.733. The van der Waals surface area contributed by atoms with Gasteiger partial charge in [0.25, 0.3) is 0 Å². The summed E-state index contributed by atoms with van der Waals surface area (Å²) >= 11 is 7.53. The Morgan fingerprint density at radius 2 is 1.29 bits per heavy atom. The molecule has 2 rings (SSSR count). The van der Waals surface area contributed by atoms with E-state index in [0.717, 1.165) is 6.42 Å². The molecule has 0 aliphatic heterocycles. The highest BCUT2D eigenvalue weighted by molar-refractivity contribution is 9.12. The monoisotopic (exact) mass is 352 g/mol. The lowest BCUT2D eigenvalue weighted by atomic mass is 10.0. The van der Waals surface area contributed by atoms with Crippen LogP contribution in [-0.4, -0.2) is 4.83 Å². The molecule has 2 atom stereocenters. The molecular formula is C15H14Br2. The molecule has 0 amide bonds. The van der Waals surface area contributed by atoms with E-state index in [4.69, 9.17) is 0 Å². The predicted molar refractivity (Wildman–Crippen MR) is 81.0 cm³/mol. The van der Waals surface area contributed by atoms with Gasteiger partial charge in [0.05, 0.1) is 4.83 Å². The number of halogens is 2. The van der Waals surface area contributed by atoms with E-state index in [1.807, 2.05) is 6.07 Å². The summed E-state index contributed by atoms with van der Waals surface area (Å²) < 4.78 is 0. The lowest BCUT2D eigenvalue weighted by Gasteiger charge is -2.17. The molecule has 0 aliphatic rings. The fraction of sp³-hybridized carbons (Fsp3) is 0.200. The predicted octanol–water partition coefficient (Wildman–Crippen LogP) is 5.13. The average molecular weight is 354 g/mol. The van der Waals surface area contributed by atoms with Crippen LogP contribution < -0.4 is 0 Å². The minimum Gasteiger partial charge on any atom is -0.0871 e. The Bertz CT molecular complexity index is 439. The van der Waals surface area contributed by atoms with Crippen LogP contribution in [0.2, 0.25) is 0 Å². The standard InChI is InChI=1S/C15H14Br2/c16-14(11-12-7-3-1-4-8-12)15(17)13-9-5-2-6-10-13/h1-10,14-15H,11H2. The Labute approximate surface area is 119 Å². The molecule has 0 spiro atoms. The highest BCUT2D eigenvalue weighted by Crippen LogP contribution is 2.32. The molecule has 88 valence electrons.